The number of halogens is 2. The molecule has 0 aliphatic carbocycles. The minimum atomic E-state index is -0.377. The second kappa shape index (κ2) is 4.26. The summed E-state index contributed by atoms with van der Waals surface area (Å²) in [5.41, 5.74) is 4.00. The van der Waals surface area contributed by atoms with E-state index in [1.807, 2.05) is 32.0 Å². The van der Waals surface area contributed by atoms with E-state index in [1.165, 1.54) is 6.07 Å². The van der Waals surface area contributed by atoms with E-state index in [0.717, 1.165) is 22.3 Å². The largest absolute Gasteiger partial charge is 0.205 e. The minimum absolute atomic E-state index is 0.188. The van der Waals surface area contributed by atoms with Gasteiger partial charge in [-0.3, -0.25) is 0 Å². The fourth-order valence-electron chi connectivity index (χ4n) is 1.86. The Morgan fingerprint density at radius 3 is 2.25 bits per heavy atom. The predicted octanol–water partition coefficient (Wildman–Crippen LogP) is 4.76. The van der Waals surface area contributed by atoms with Gasteiger partial charge in [0.05, 0.1) is 5.02 Å². The molecule has 0 amide bonds. The smallest absolute Gasteiger partial charge is 0.142 e. The molecule has 0 fully saturated rings. The molecule has 82 valence electrons. The van der Waals surface area contributed by atoms with Crippen LogP contribution >= 0.6 is 11.6 Å². The van der Waals surface area contributed by atoms with Crippen molar-refractivity contribution in [3.05, 3.63) is 58.4 Å². The molecule has 0 saturated carbocycles. The first-order valence-electron chi connectivity index (χ1n) is 5.10. The second-order valence-corrected chi connectivity index (χ2v) is 4.36. The van der Waals surface area contributed by atoms with Crippen molar-refractivity contribution in [2.75, 3.05) is 0 Å². The maximum atomic E-state index is 13.3. The third-order valence-corrected chi connectivity index (χ3v) is 2.87. The normalized spacial score (nSPS) is 10.5. The molecular weight excluding hydrogens is 223 g/mol. The van der Waals surface area contributed by atoms with E-state index in [-0.39, 0.29) is 10.8 Å². The lowest BCUT2D eigenvalue weighted by Crippen LogP contribution is -1.86. The summed E-state index contributed by atoms with van der Waals surface area (Å²) in [5.74, 6) is -0.377. The van der Waals surface area contributed by atoms with Crippen LogP contribution in [0, 0.1) is 19.7 Å². The van der Waals surface area contributed by atoms with Gasteiger partial charge in [0.25, 0.3) is 0 Å². The van der Waals surface area contributed by atoms with Crippen molar-refractivity contribution in [1.82, 2.24) is 0 Å². The molecule has 0 aliphatic heterocycles. The quantitative estimate of drug-likeness (QED) is 0.667. The van der Waals surface area contributed by atoms with Gasteiger partial charge in [0.15, 0.2) is 0 Å². The number of rotatable bonds is 1. The third kappa shape index (κ3) is 2.10. The zero-order chi connectivity index (χ0) is 11.7. The molecule has 16 heavy (non-hydrogen) atoms. The van der Waals surface area contributed by atoms with Crippen LogP contribution < -0.4 is 0 Å². The first kappa shape index (κ1) is 11.2. The molecule has 0 N–H and O–H groups in total. The summed E-state index contributed by atoms with van der Waals surface area (Å²) in [6, 6.07) is 11.0. The van der Waals surface area contributed by atoms with Gasteiger partial charge in [0.1, 0.15) is 5.82 Å². The molecular formula is C14H12ClF. The van der Waals surface area contributed by atoms with E-state index in [0.29, 0.717) is 0 Å². The van der Waals surface area contributed by atoms with Crippen molar-refractivity contribution in [2.24, 2.45) is 0 Å². The second-order valence-electron chi connectivity index (χ2n) is 3.98. The summed E-state index contributed by atoms with van der Waals surface area (Å²) < 4.78 is 13.3. The van der Waals surface area contributed by atoms with Gasteiger partial charge in [-0.2, -0.15) is 0 Å². The Morgan fingerprint density at radius 2 is 1.62 bits per heavy atom. The fourth-order valence-corrected chi connectivity index (χ4v) is 2.09. The summed E-state index contributed by atoms with van der Waals surface area (Å²) in [6.07, 6.45) is 0. The number of hydrogen-bond acceptors (Lipinski definition) is 0. The Bertz CT molecular complexity index is 512. The van der Waals surface area contributed by atoms with E-state index in [1.54, 1.807) is 6.07 Å². The van der Waals surface area contributed by atoms with Crippen molar-refractivity contribution in [3.8, 4) is 11.1 Å². The fraction of sp³-hybridized carbons (Fsp3) is 0.143. The van der Waals surface area contributed by atoms with Crippen molar-refractivity contribution >= 4 is 11.6 Å². The molecule has 0 aromatic heterocycles. The molecule has 2 rings (SSSR count). The van der Waals surface area contributed by atoms with Crippen LogP contribution in [0.15, 0.2) is 36.4 Å². The number of hydrogen-bond donors (Lipinski definition) is 0. The van der Waals surface area contributed by atoms with Crippen LogP contribution in [-0.2, 0) is 0 Å². The number of benzene rings is 2. The first-order valence-corrected chi connectivity index (χ1v) is 5.48. The minimum Gasteiger partial charge on any atom is -0.205 e. The van der Waals surface area contributed by atoms with Crippen LogP contribution in [0.3, 0.4) is 0 Å². The van der Waals surface area contributed by atoms with Crippen LogP contribution in [0.2, 0.25) is 5.02 Å². The molecule has 0 atom stereocenters. The van der Waals surface area contributed by atoms with E-state index in [4.69, 9.17) is 11.6 Å². The van der Waals surface area contributed by atoms with E-state index < -0.39 is 0 Å². The molecule has 0 bridgehead atoms. The summed E-state index contributed by atoms with van der Waals surface area (Å²) >= 11 is 5.96. The van der Waals surface area contributed by atoms with Crippen molar-refractivity contribution < 1.29 is 4.39 Å². The molecule has 0 aliphatic rings. The molecule has 0 nitrogen and oxygen atoms in total. The maximum Gasteiger partial charge on any atom is 0.142 e. The van der Waals surface area contributed by atoms with E-state index in [2.05, 4.69) is 6.07 Å². The van der Waals surface area contributed by atoms with E-state index >= 15 is 0 Å². The molecule has 2 heteroatoms. The monoisotopic (exact) mass is 234 g/mol. The molecule has 0 radical (unpaired) electrons. The standard InChI is InChI=1S/C14H12ClF/c1-9-6-10(2)8-11(7-9)12-4-3-5-13(16)14(12)15/h3-8H,1-2H3. The predicted molar refractivity (Wildman–Crippen MR) is 66.3 cm³/mol. The average molecular weight is 235 g/mol. The zero-order valence-corrected chi connectivity index (χ0v) is 9.98. The molecule has 0 spiro atoms. The summed E-state index contributed by atoms with van der Waals surface area (Å²) in [6.45, 7) is 4.04. The molecule has 0 saturated heterocycles. The average Bonchev–Trinajstić information content (AvgIpc) is 2.20. The lowest BCUT2D eigenvalue weighted by molar-refractivity contribution is 0.629. The Balaban J connectivity index is 2.63. The summed E-state index contributed by atoms with van der Waals surface area (Å²) in [4.78, 5) is 0. The highest BCUT2D eigenvalue weighted by Gasteiger charge is 2.08. The van der Waals surface area contributed by atoms with Crippen molar-refractivity contribution in [3.63, 3.8) is 0 Å². The summed E-state index contributed by atoms with van der Waals surface area (Å²) in [7, 11) is 0. The van der Waals surface area contributed by atoms with Gasteiger partial charge in [-0.25, -0.2) is 4.39 Å². The lowest BCUT2D eigenvalue weighted by Gasteiger charge is -2.07. The van der Waals surface area contributed by atoms with Crippen LogP contribution in [0.4, 0.5) is 4.39 Å². The summed E-state index contributed by atoms with van der Waals surface area (Å²) in [5, 5.41) is 0.188. The highest BCUT2D eigenvalue weighted by molar-refractivity contribution is 6.33. The molecule has 2 aromatic rings. The highest BCUT2D eigenvalue weighted by Crippen LogP contribution is 2.30. The Labute approximate surface area is 99.7 Å². The van der Waals surface area contributed by atoms with Gasteiger partial charge in [0, 0.05) is 5.56 Å². The van der Waals surface area contributed by atoms with E-state index in [9.17, 15) is 4.39 Å². The van der Waals surface area contributed by atoms with Crippen LogP contribution in [0.25, 0.3) is 11.1 Å². The topological polar surface area (TPSA) is 0 Å². The Hall–Kier alpha value is -1.34. The Morgan fingerprint density at radius 1 is 1.00 bits per heavy atom. The lowest BCUT2D eigenvalue weighted by atomic mass is 10.0. The highest BCUT2D eigenvalue weighted by atomic mass is 35.5. The zero-order valence-electron chi connectivity index (χ0n) is 9.22. The van der Waals surface area contributed by atoms with Gasteiger partial charge in [-0.1, -0.05) is 53.1 Å². The van der Waals surface area contributed by atoms with Gasteiger partial charge in [-0.05, 0) is 25.5 Å². The van der Waals surface area contributed by atoms with Gasteiger partial charge in [0.2, 0.25) is 0 Å². The molecule has 2 aromatic carbocycles. The van der Waals surface area contributed by atoms with Crippen molar-refractivity contribution in [2.45, 2.75) is 13.8 Å². The Kier molecular flexibility index (Phi) is 2.97. The maximum absolute atomic E-state index is 13.3. The van der Waals surface area contributed by atoms with Crippen molar-refractivity contribution in [1.29, 1.82) is 0 Å². The first-order chi connectivity index (χ1) is 7.58. The van der Waals surface area contributed by atoms with Crippen LogP contribution in [0.5, 0.6) is 0 Å². The SMILES string of the molecule is Cc1cc(C)cc(-c2cccc(F)c2Cl)c1. The van der Waals surface area contributed by atoms with Gasteiger partial charge < -0.3 is 0 Å². The number of aryl methyl sites for hydroxylation is 2. The van der Waals surface area contributed by atoms with Crippen LogP contribution in [0.1, 0.15) is 11.1 Å². The third-order valence-electron chi connectivity index (χ3n) is 2.48. The van der Waals surface area contributed by atoms with Crippen LogP contribution in [-0.4, -0.2) is 0 Å². The van der Waals surface area contributed by atoms with Gasteiger partial charge in [-0.15, -0.1) is 0 Å². The molecule has 0 unspecified atom stereocenters. The molecule has 0 heterocycles. The van der Waals surface area contributed by atoms with Gasteiger partial charge >= 0.3 is 0 Å².